The number of piperazine rings is 1. The Kier molecular flexibility index (Phi) is 6.52. The summed E-state index contributed by atoms with van der Waals surface area (Å²) >= 11 is 5.91. The number of hydrogen-bond acceptors (Lipinski definition) is 4. The molecular formula is C27H26ClN3O3. The summed E-state index contributed by atoms with van der Waals surface area (Å²) in [7, 11) is 0. The minimum absolute atomic E-state index is 0.00401. The van der Waals surface area contributed by atoms with Gasteiger partial charge >= 0.3 is 0 Å². The van der Waals surface area contributed by atoms with E-state index in [-0.39, 0.29) is 17.9 Å². The molecule has 0 radical (unpaired) electrons. The van der Waals surface area contributed by atoms with Crippen LogP contribution in [-0.2, 0) is 11.3 Å². The normalized spacial score (nSPS) is 14.6. The number of carbonyl (C=O) groups is 1. The van der Waals surface area contributed by atoms with Gasteiger partial charge in [-0.05, 0) is 48.5 Å². The average molecular weight is 476 g/mol. The van der Waals surface area contributed by atoms with Gasteiger partial charge in [-0.3, -0.25) is 14.5 Å². The zero-order valence-corrected chi connectivity index (χ0v) is 19.6. The second-order valence-corrected chi connectivity index (χ2v) is 8.91. The predicted molar refractivity (Wildman–Crippen MR) is 136 cm³/mol. The number of amides is 1. The summed E-state index contributed by atoms with van der Waals surface area (Å²) in [4.78, 5) is 30.4. The lowest BCUT2D eigenvalue weighted by Gasteiger charge is -2.35. The molecule has 4 aromatic rings. The van der Waals surface area contributed by atoms with Gasteiger partial charge in [-0.1, -0.05) is 35.9 Å². The number of para-hydroxylation sites is 2. The fourth-order valence-electron chi connectivity index (χ4n) is 4.53. The van der Waals surface area contributed by atoms with Crippen LogP contribution >= 0.6 is 11.6 Å². The molecule has 1 saturated heterocycles. The summed E-state index contributed by atoms with van der Waals surface area (Å²) in [5.74, 6) is 0.870. The van der Waals surface area contributed by atoms with Crippen molar-refractivity contribution >= 4 is 39.3 Å². The quantitative estimate of drug-likeness (QED) is 0.395. The maximum absolute atomic E-state index is 13.2. The monoisotopic (exact) mass is 475 g/mol. The Bertz CT molecular complexity index is 1320. The number of ether oxygens (including phenoxy) is 1. The summed E-state index contributed by atoms with van der Waals surface area (Å²) < 4.78 is 7.77. The van der Waals surface area contributed by atoms with E-state index < -0.39 is 0 Å². The number of nitrogens with zero attached hydrogens (tertiary/aromatic N) is 3. The molecule has 34 heavy (non-hydrogen) atoms. The molecule has 0 saturated carbocycles. The highest BCUT2D eigenvalue weighted by Crippen LogP contribution is 2.20. The van der Waals surface area contributed by atoms with Gasteiger partial charge < -0.3 is 14.2 Å². The second kappa shape index (κ2) is 9.87. The predicted octanol–water partition coefficient (Wildman–Crippen LogP) is 4.03. The third kappa shape index (κ3) is 4.65. The van der Waals surface area contributed by atoms with E-state index in [2.05, 4.69) is 4.90 Å². The molecule has 0 aliphatic carbocycles. The zero-order chi connectivity index (χ0) is 23.5. The Morgan fingerprint density at radius 3 is 2.03 bits per heavy atom. The molecule has 1 amide bonds. The molecule has 174 valence electrons. The molecule has 0 N–H and O–H groups in total. The summed E-state index contributed by atoms with van der Waals surface area (Å²) in [5.41, 5.74) is 1.58. The largest absolute Gasteiger partial charge is 0.492 e. The number of aromatic nitrogens is 1. The zero-order valence-electron chi connectivity index (χ0n) is 18.8. The number of benzene rings is 3. The molecule has 0 atom stereocenters. The molecule has 0 spiro atoms. The number of halogens is 1. The van der Waals surface area contributed by atoms with Crippen molar-refractivity contribution < 1.29 is 9.53 Å². The Hall–Kier alpha value is -3.35. The van der Waals surface area contributed by atoms with Crippen LogP contribution in [0.25, 0.3) is 21.8 Å². The van der Waals surface area contributed by atoms with Crippen molar-refractivity contribution in [1.82, 2.24) is 14.4 Å². The van der Waals surface area contributed by atoms with Crippen LogP contribution in [0.3, 0.4) is 0 Å². The Morgan fingerprint density at radius 1 is 0.824 bits per heavy atom. The van der Waals surface area contributed by atoms with Crippen molar-refractivity contribution in [1.29, 1.82) is 0 Å². The standard InChI is InChI=1S/C27H26ClN3O3/c28-20-9-11-21(12-10-20)34-18-17-29-13-15-30(16-14-29)26(32)19-31-24-7-3-1-5-22(24)27(33)23-6-2-4-8-25(23)31/h1-12H,13-19H2. The Labute approximate surface area is 202 Å². The van der Waals surface area contributed by atoms with Crippen LogP contribution in [0.5, 0.6) is 5.75 Å². The third-order valence-corrected chi connectivity index (χ3v) is 6.64. The van der Waals surface area contributed by atoms with Crippen LogP contribution in [0.2, 0.25) is 5.02 Å². The topological polar surface area (TPSA) is 54.8 Å². The smallest absolute Gasteiger partial charge is 0.242 e. The van der Waals surface area contributed by atoms with E-state index in [1.54, 1.807) is 0 Å². The van der Waals surface area contributed by atoms with E-state index in [4.69, 9.17) is 16.3 Å². The van der Waals surface area contributed by atoms with Crippen LogP contribution in [-0.4, -0.2) is 59.6 Å². The van der Waals surface area contributed by atoms with Gasteiger partial charge in [0.25, 0.3) is 0 Å². The number of rotatable bonds is 6. The molecule has 0 unspecified atom stereocenters. The molecule has 0 bridgehead atoms. The highest BCUT2D eigenvalue weighted by molar-refractivity contribution is 6.30. The minimum atomic E-state index is 0.00401. The fourth-order valence-corrected chi connectivity index (χ4v) is 4.65. The summed E-state index contributed by atoms with van der Waals surface area (Å²) in [5, 5.41) is 1.97. The molecule has 1 aromatic heterocycles. The first-order valence-electron chi connectivity index (χ1n) is 11.5. The lowest BCUT2D eigenvalue weighted by molar-refractivity contribution is -0.133. The number of hydrogen-bond donors (Lipinski definition) is 0. The van der Waals surface area contributed by atoms with Gasteiger partial charge in [0, 0.05) is 48.5 Å². The van der Waals surface area contributed by atoms with Crippen LogP contribution < -0.4 is 10.2 Å². The Balaban J connectivity index is 1.23. The number of carbonyl (C=O) groups excluding carboxylic acids is 1. The van der Waals surface area contributed by atoms with E-state index in [1.807, 2.05) is 82.3 Å². The van der Waals surface area contributed by atoms with Gasteiger partial charge in [0.05, 0.1) is 11.0 Å². The van der Waals surface area contributed by atoms with Crippen molar-refractivity contribution in [2.45, 2.75) is 6.54 Å². The molecule has 7 heteroatoms. The lowest BCUT2D eigenvalue weighted by Crippen LogP contribution is -2.50. The molecule has 2 heterocycles. The van der Waals surface area contributed by atoms with Gasteiger partial charge in [-0.2, -0.15) is 0 Å². The van der Waals surface area contributed by atoms with Crippen molar-refractivity contribution in [2.75, 3.05) is 39.3 Å². The molecular weight excluding hydrogens is 450 g/mol. The SMILES string of the molecule is O=C(Cn1c2ccccc2c(=O)c2ccccc21)N1CCN(CCOc2ccc(Cl)cc2)CC1. The summed E-state index contributed by atoms with van der Waals surface area (Å²) in [6.45, 7) is 4.57. The van der Waals surface area contributed by atoms with Crippen LogP contribution in [0, 0.1) is 0 Å². The van der Waals surface area contributed by atoms with E-state index in [0.717, 1.165) is 36.4 Å². The van der Waals surface area contributed by atoms with Gasteiger partial charge in [0.2, 0.25) is 5.91 Å². The minimum Gasteiger partial charge on any atom is -0.492 e. The van der Waals surface area contributed by atoms with Crippen molar-refractivity contribution in [3.63, 3.8) is 0 Å². The molecule has 1 aliphatic rings. The van der Waals surface area contributed by atoms with E-state index in [9.17, 15) is 9.59 Å². The van der Waals surface area contributed by atoms with Crippen molar-refractivity contribution in [2.24, 2.45) is 0 Å². The van der Waals surface area contributed by atoms with Crippen molar-refractivity contribution in [3.05, 3.63) is 88.0 Å². The van der Waals surface area contributed by atoms with E-state index >= 15 is 0 Å². The van der Waals surface area contributed by atoms with Crippen molar-refractivity contribution in [3.8, 4) is 5.75 Å². The first-order valence-corrected chi connectivity index (χ1v) is 11.9. The fraction of sp³-hybridized carbons (Fsp3) is 0.259. The van der Waals surface area contributed by atoms with Crippen LogP contribution in [0.15, 0.2) is 77.6 Å². The molecule has 1 fully saturated rings. The third-order valence-electron chi connectivity index (χ3n) is 6.39. The highest BCUT2D eigenvalue weighted by atomic mass is 35.5. The van der Waals surface area contributed by atoms with E-state index in [1.165, 1.54) is 0 Å². The molecule has 6 nitrogen and oxygen atoms in total. The first kappa shape index (κ1) is 22.4. The Morgan fingerprint density at radius 2 is 1.41 bits per heavy atom. The first-order chi connectivity index (χ1) is 16.6. The second-order valence-electron chi connectivity index (χ2n) is 8.47. The molecule has 1 aliphatic heterocycles. The maximum atomic E-state index is 13.2. The lowest BCUT2D eigenvalue weighted by atomic mass is 10.1. The average Bonchev–Trinajstić information content (AvgIpc) is 2.88. The van der Waals surface area contributed by atoms with Gasteiger partial charge in [-0.25, -0.2) is 0 Å². The number of pyridine rings is 1. The number of fused-ring (bicyclic) bond motifs is 2. The van der Waals surface area contributed by atoms with Gasteiger partial charge in [-0.15, -0.1) is 0 Å². The molecule has 5 rings (SSSR count). The van der Waals surface area contributed by atoms with Gasteiger partial charge in [0.15, 0.2) is 5.43 Å². The van der Waals surface area contributed by atoms with E-state index in [0.29, 0.717) is 35.5 Å². The summed E-state index contributed by atoms with van der Waals surface area (Å²) in [6, 6.07) is 22.4. The maximum Gasteiger partial charge on any atom is 0.242 e. The van der Waals surface area contributed by atoms with Crippen LogP contribution in [0.1, 0.15) is 0 Å². The van der Waals surface area contributed by atoms with Crippen LogP contribution in [0.4, 0.5) is 0 Å². The summed E-state index contributed by atoms with van der Waals surface area (Å²) in [6.07, 6.45) is 0. The molecule has 3 aromatic carbocycles. The highest BCUT2D eigenvalue weighted by Gasteiger charge is 2.22. The van der Waals surface area contributed by atoms with Gasteiger partial charge in [0.1, 0.15) is 18.9 Å².